The number of anilines is 4. The Morgan fingerprint density at radius 2 is 1.62 bits per heavy atom. The first-order valence-electron chi connectivity index (χ1n) is 18.4. The van der Waals surface area contributed by atoms with Crippen molar-refractivity contribution in [2.75, 3.05) is 60.9 Å². The quantitative estimate of drug-likeness (QED) is 0.268. The van der Waals surface area contributed by atoms with E-state index in [1.54, 1.807) is 24.5 Å². The van der Waals surface area contributed by atoms with Crippen molar-refractivity contribution in [3.05, 3.63) is 53.2 Å². The van der Waals surface area contributed by atoms with Crippen LogP contribution < -0.4 is 26.2 Å². The minimum absolute atomic E-state index is 0.0372. The molecule has 8 rings (SSSR count). The zero-order chi connectivity index (χ0) is 36.6. The molecular weight excluding hydrogens is 680 g/mol. The molecule has 0 bridgehead atoms. The summed E-state index contributed by atoms with van der Waals surface area (Å²) in [6.07, 6.45) is 9.79. The number of hydrogen-bond donors (Lipinski definition) is 3. The Bertz CT molecular complexity index is 1940. The number of rotatable bonds is 9. The van der Waals surface area contributed by atoms with Crippen molar-refractivity contribution >= 4 is 52.7 Å². The monoisotopic (exact) mass is 722 g/mol. The first-order valence-corrected chi connectivity index (χ1v) is 18.4. The number of primary amides is 1. The highest BCUT2D eigenvalue weighted by atomic mass is 16.2. The van der Waals surface area contributed by atoms with Gasteiger partial charge in [0.1, 0.15) is 11.9 Å². The summed E-state index contributed by atoms with van der Waals surface area (Å²) in [7, 11) is 0. The molecule has 17 heteroatoms. The first-order chi connectivity index (χ1) is 25.7. The zero-order valence-corrected chi connectivity index (χ0v) is 29.4. The summed E-state index contributed by atoms with van der Waals surface area (Å²) in [4.78, 5) is 84.2. The van der Waals surface area contributed by atoms with Crippen LogP contribution in [0.4, 0.5) is 23.1 Å². The van der Waals surface area contributed by atoms with Crippen molar-refractivity contribution in [3.63, 3.8) is 0 Å². The lowest BCUT2D eigenvalue weighted by molar-refractivity contribution is -0.136. The van der Waals surface area contributed by atoms with Crippen LogP contribution in [0.3, 0.4) is 0 Å². The van der Waals surface area contributed by atoms with E-state index in [2.05, 4.69) is 50.5 Å². The van der Waals surface area contributed by atoms with Crippen LogP contribution in [0.25, 0.3) is 0 Å². The Labute approximate surface area is 305 Å². The van der Waals surface area contributed by atoms with E-state index in [0.717, 1.165) is 94.3 Å². The second-order valence-corrected chi connectivity index (χ2v) is 14.5. The molecular formula is C36H42N12O5. The summed E-state index contributed by atoms with van der Waals surface area (Å²) < 4.78 is 0. The minimum atomic E-state index is -0.976. The maximum Gasteiger partial charge on any atom is 0.273 e. The molecule has 17 nitrogen and oxygen atoms in total. The number of nitrogens with one attached hydrogen (secondary N) is 2. The molecule has 5 aliphatic rings. The number of benzene rings is 1. The molecule has 3 aromatic rings. The maximum atomic E-state index is 13.3. The van der Waals surface area contributed by atoms with Gasteiger partial charge in [0.25, 0.3) is 17.7 Å². The molecule has 2 aromatic heterocycles. The van der Waals surface area contributed by atoms with Gasteiger partial charge in [0.05, 0.1) is 29.2 Å². The second kappa shape index (κ2) is 14.4. The lowest BCUT2D eigenvalue weighted by Gasteiger charge is -2.33. The van der Waals surface area contributed by atoms with Gasteiger partial charge in [0.15, 0.2) is 11.5 Å². The molecule has 1 aromatic carbocycles. The molecule has 0 spiro atoms. The highest BCUT2D eigenvalue weighted by Gasteiger charge is 2.45. The number of amides is 5. The zero-order valence-electron chi connectivity index (χ0n) is 29.4. The fourth-order valence-electron chi connectivity index (χ4n) is 8.16. The summed E-state index contributed by atoms with van der Waals surface area (Å²) >= 11 is 0. The molecule has 4 saturated heterocycles. The normalized spacial score (nSPS) is 22.7. The van der Waals surface area contributed by atoms with Crippen molar-refractivity contribution < 1.29 is 24.0 Å². The summed E-state index contributed by atoms with van der Waals surface area (Å²) in [5, 5.41) is 13.6. The summed E-state index contributed by atoms with van der Waals surface area (Å²) in [6.45, 7) is 6.20. The average molecular weight is 723 g/mol. The predicted octanol–water partition coefficient (Wildman–Crippen LogP) is 1.60. The number of nitrogens with two attached hydrogens (primary N) is 1. The largest absolute Gasteiger partial charge is 0.371 e. The Balaban J connectivity index is 0.835. The van der Waals surface area contributed by atoms with Gasteiger partial charge in [0.2, 0.25) is 17.8 Å². The predicted molar refractivity (Wildman–Crippen MR) is 192 cm³/mol. The van der Waals surface area contributed by atoms with Gasteiger partial charge in [-0.25, -0.2) is 9.97 Å². The number of nitrogens with zero attached hydrogens (tertiary/aromatic N) is 9. The van der Waals surface area contributed by atoms with Crippen LogP contribution in [-0.4, -0.2) is 116 Å². The summed E-state index contributed by atoms with van der Waals surface area (Å²) in [5.74, 6) is -0.533. The molecule has 53 heavy (non-hydrogen) atoms. The molecule has 276 valence electrons. The number of likely N-dealkylation sites (tertiary alicyclic amines) is 1. The van der Waals surface area contributed by atoms with Gasteiger partial charge in [-0.3, -0.25) is 34.2 Å². The van der Waals surface area contributed by atoms with Gasteiger partial charge in [-0.1, -0.05) is 0 Å². The molecule has 4 N–H and O–H groups in total. The van der Waals surface area contributed by atoms with Crippen molar-refractivity contribution in [3.8, 4) is 0 Å². The van der Waals surface area contributed by atoms with Crippen LogP contribution in [0.1, 0.15) is 94.3 Å². The Morgan fingerprint density at radius 1 is 0.868 bits per heavy atom. The number of carbonyl (C=O) groups is 5. The van der Waals surface area contributed by atoms with Crippen LogP contribution in [0.2, 0.25) is 0 Å². The summed E-state index contributed by atoms with van der Waals surface area (Å²) in [5.41, 5.74) is 7.58. The van der Waals surface area contributed by atoms with E-state index >= 15 is 0 Å². The standard InChI is InChI=1S/C36H42N12O5/c37-30(50)29-32(42-36(44-43-29)46-11-2-1-3-12-46)40-23-17-38-31(39-18-23)22-9-13-45(14-10-22)19-21-8-15-47(20-21)24-4-5-25-26(16-24)35(53)48(34(25)52)27-6-7-28(49)41-33(27)51/h4-5,16-18,21-22,27H,1-3,6-15,19-20H2,(H2,37,50)(H,40,42,44)(H,41,49,51). The van der Waals surface area contributed by atoms with E-state index in [0.29, 0.717) is 28.7 Å². The van der Waals surface area contributed by atoms with Crippen LogP contribution in [0, 0.1) is 5.92 Å². The first kappa shape index (κ1) is 34.5. The second-order valence-electron chi connectivity index (χ2n) is 14.5. The molecule has 0 saturated carbocycles. The van der Waals surface area contributed by atoms with Crippen molar-refractivity contribution in [2.45, 2.75) is 63.3 Å². The van der Waals surface area contributed by atoms with E-state index in [1.807, 2.05) is 6.07 Å². The highest BCUT2D eigenvalue weighted by Crippen LogP contribution is 2.34. The molecule has 0 aliphatic carbocycles. The number of carbonyl (C=O) groups excluding carboxylic acids is 5. The molecule has 5 amide bonds. The highest BCUT2D eigenvalue weighted by molar-refractivity contribution is 6.23. The topological polar surface area (TPSA) is 213 Å². The lowest BCUT2D eigenvalue weighted by Crippen LogP contribution is -2.54. The fraction of sp³-hybridized carbons (Fsp3) is 0.500. The number of fused-ring (bicyclic) bond motifs is 1. The van der Waals surface area contributed by atoms with E-state index in [9.17, 15) is 24.0 Å². The third kappa shape index (κ3) is 7.00. The molecule has 7 heterocycles. The number of hydrogen-bond acceptors (Lipinski definition) is 14. The van der Waals surface area contributed by atoms with E-state index in [-0.39, 0.29) is 30.3 Å². The van der Waals surface area contributed by atoms with Gasteiger partial charge < -0.3 is 25.8 Å². The van der Waals surface area contributed by atoms with E-state index < -0.39 is 35.6 Å². The van der Waals surface area contributed by atoms with Crippen molar-refractivity contribution in [1.29, 1.82) is 0 Å². The van der Waals surface area contributed by atoms with Gasteiger partial charge >= 0.3 is 0 Å². The minimum Gasteiger partial charge on any atom is -0.371 e. The Kier molecular flexibility index (Phi) is 9.40. The van der Waals surface area contributed by atoms with Gasteiger partial charge in [-0.15, -0.1) is 10.2 Å². The SMILES string of the molecule is NC(=O)c1nnc(N2CCCCC2)nc1Nc1cnc(C2CCN(CC3CCN(c4ccc5c(c4)C(=O)N(C4CCC(=O)NC4=O)C5=O)C3)CC2)nc1. The number of imide groups is 2. The molecule has 2 atom stereocenters. The van der Waals surface area contributed by atoms with Crippen molar-refractivity contribution in [2.24, 2.45) is 11.7 Å². The van der Waals surface area contributed by atoms with Gasteiger partial charge in [-0.05, 0) is 82.2 Å². The molecule has 4 fully saturated rings. The molecule has 0 radical (unpaired) electrons. The molecule has 5 aliphatic heterocycles. The third-order valence-corrected chi connectivity index (χ3v) is 11.0. The van der Waals surface area contributed by atoms with E-state index in [4.69, 9.17) is 5.73 Å². The smallest absolute Gasteiger partial charge is 0.273 e. The van der Waals surface area contributed by atoms with Gasteiger partial charge in [-0.2, -0.15) is 4.98 Å². The van der Waals surface area contributed by atoms with Gasteiger partial charge in [0, 0.05) is 50.7 Å². The fourth-order valence-corrected chi connectivity index (χ4v) is 8.16. The lowest BCUT2D eigenvalue weighted by atomic mass is 9.95. The Morgan fingerprint density at radius 3 is 2.36 bits per heavy atom. The van der Waals surface area contributed by atoms with Crippen LogP contribution >= 0.6 is 0 Å². The van der Waals surface area contributed by atoms with Crippen molar-refractivity contribution in [1.82, 2.24) is 40.3 Å². The van der Waals surface area contributed by atoms with Crippen LogP contribution in [0.15, 0.2) is 30.6 Å². The number of aromatic nitrogens is 5. The van der Waals surface area contributed by atoms with Crippen LogP contribution in [-0.2, 0) is 9.59 Å². The Hall–Kier alpha value is -5.58. The maximum absolute atomic E-state index is 13.3. The summed E-state index contributed by atoms with van der Waals surface area (Å²) in [6, 6.07) is 4.35. The van der Waals surface area contributed by atoms with E-state index in [1.165, 1.54) is 6.42 Å². The number of piperidine rings is 3. The molecule has 2 unspecified atom stereocenters. The third-order valence-electron chi connectivity index (χ3n) is 11.0. The average Bonchev–Trinajstić information content (AvgIpc) is 3.74. The van der Waals surface area contributed by atoms with Crippen LogP contribution in [0.5, 0.6) is 0 Å².